The van der Waals surface area contributed by atoms with Crippen molar-refractivity contribution in [2.45, 2.75) is 62.0 Å². The van der Waals surface area contributed by atoms with Gasteiger partial charge in [-0.1, -0.05) is 0 Å². The van der Waals surface area contributed by atoms with Gasteiger partial charge in [0.2, 0.25) is 5.91 Å². The molecule has 6 rings (SSSR count). The van der Waals surface area contributed by atoms with Gasteiger partial charge in [0.25, 0.3) is 0 Å². The summed E-state index contributed by atoms with van der Waals surface area (Å²) in [5.41, 5.74) is 2.25. The molecule has 3 saturated carbocycles. The number of fused-ring (bicyclic) bond motifs is 2. The number of piperidine rings is 1. The van der Waals surface area contributed by atoms with Crippen LogP contribution >= 0.6 is 11.9 Å². The van der Waals surface area contributed by atoms with Crippen LogP contribution in [0.5, 0.6) is 0 Å². The molecule has 0 atom stereocenters. The standard InChI is InChI=1S/C23H28N4O2S/c1-22(6-7-22)26-30-16-10-18-17(19(11-16)27-8-4-15(28)5-9-27)2-3-20(24-18)25-21(29)23-12-14(23)13-23/h2-3,10-11,14-15,26,28H,4-9,12-13H2,1H3,(H,24,25,29). The van der Waals surface area contributed by atoms with Crippen molar-refractivity contribution in [3.05, 3.63) is 24.3 Å². The minimum Gasteiger partial charge on any atom is -0.393 e. The third kappa shape index (κ3) is 3.37. The lowest BCUT2D eigenvalue weighted by Gasteiger charge is -2.32. The number of rotatable bonds is 6. The molecular weight excluding hydrogens is 396 g/mol. The molecule has 0 spiro atoms. The minimum absolute atomic E-state index is 0.0578. The van der Waals surface area contributed by atoms with E-state index in [0.29, 0.717) is 11.7 Å². The van der Waals surface area contributed by atoms with E-state index in [1.165, 1.54) is 12.8 Å². The average Bonchev–Trinajstić information content (AvgIpc) is 3.62. The van der Waals surface area contributed by atoms with Gasteiger partial charge in [0.1, 0.15) is 5.82 Å². The monoisotopic (exact) mass is 424 g/mol. The number of hydrogen-bond donors (Lipinski definition) is 3. The van der Waals surface area contributed by atoms with E-state index in [1.54, 1.807) is 11.9 Å². The smallest absolute Gasteiger partial charge is 0.232 e. The first-order chi connectivity index (χ1) is 14.4. The lowest BCUT2D eigenvalue weighted by atomic mass is 10.1. The summed E-state index contributed by atoms with van der Waals surface area (Å²) in [4.78, 5) is 20.8. The van der Waals surface area contributed by atoms with Crippen LogP contribution in [0.1, 0.15) is 45.4 Å². The molecule has 0 unspecified atom stereocenters. The second kappa shape index (κ2) is 6.58. The maximum Gasteiger partial charge on any atom is 0.232 e. The van der Waals surface area contributed by atoms with Gasteiger partial charge in [-0.05, 0) is 87.6 Å². The van der Waals surface area contributed by atoms with E-state index < -0.39 is 0 Å². The number of aliphatic hydroxyl groups is 1. The topological polar surface area (TPSA) is 77.5 Å². The number of amides is 1. The minimum atomic E-state index is -0.199. The van der Waals surface area contributed by atoms with Crippen molar-refractivity contribution in [2.75, 3.05) is 23.3 Å². The van der Waals surface area contributed by atoms with Gasteiger partial charge in [-0.25, -0.2) is 4.98 Å². The van der Waals surface area contributed by atoms with Crippen molar-refractivity contribution in [3.8, 4) is 0 Å². The second-order valence-electron chi connectivity index (χ2n) is 9.90. The highest BCUT2D eigenvalue weighted by molar-refractivity contribution is 7.97. The fourth-order valence-electron chi connectivity index (χ4n) is 4.47. The Morgan fingerprint density at radius 2 is 1.97 bits per heavy atom. The van der Waals surface area contributed by atoms with Crippen LogP contribution in [0.2, 0.25) is 0 Å². The zero-order valence-electron chi connectivity index (χ0n) is 17.3. The molecule has 0 radical (unpaired) electrons. The van der Waals surface area contributed by atoms with Crippen molar-refractivity contribution in [3.63, 3.8) is 0 Å². The Hall–Kier alpha value is -1.83. The third-order valence-electron chi connectivity index (χ3n) is 7.36. The van der Waals surface area contributed by atoms with Gasteiger partial charge in [0.15, 0.2) is 0 Å². The molecule has 1 aromatic heterocycles. The van der Waals surface area contributed by atoms with E-state index >= 15 is 0 Å². The van der Waals surface area contributed by atoms with Crippen molar-refractivity contribution in [1.82, 2.24) is 9.71 Å². The van der Waals surface area contributed by atoms with E-state index in [4.69, 9.17) is 4.98 Å². The number of aliphatic hydroxyl groups excluding tert-OH is 1. The van der Waals surface area contributed by atoms with Crippen LogP contribution in [0.3, 0.4) is 0 Å². The highest BCUT2D eigenvalue weighted by Gasteiger charge is 2.74. The maximum absolute atomic E-state index is 12.5. The molecule has 1 aromatic carbocycles. The molecule has 30 heavy (non-hydrogen) atoms. The first-order valence-electron chi connectivity index (χ1n) is 11.1. The highest BCUT2D eigenvalue weighted by Crippen LogP contribution is 2.75. The molecule has 7 heteroatoms. The van der Waals surface area contributed by atoms with Gasteiger partial charge in [0, 0.05) is 34.6 Å². The fraction of sp³-hybridized carbons (Fsp3) is 0.565. The zero-order chi connectivity index (χ0) is 20.5. The van der Waals surface area contributed by atoms with E-state index in [2.05, 4.69) is 40.1 Å². The van der Waals surface area contributed by atoms with Crippen LogP contribution in [-0.2, 0) is 4.79 Å². The number of pyridine rings is 1. The Balaban J connectivity index is 1.32. The van der Waals surface area contributed by atoms with Gasteiger partial charge in [0.05, 0.1) is 17.0 Å². The predicted molar refractivity (Wildman–Crippen MR) is 120 cm³/mol. The summed E-state index contributed by atoms with van der Waals surface area (Å²) in [7, 11) is 0. The molecule has 3 aliphatic carbocycles. The van der Waals surface area contributed by atoms with Crippen molar-refractivity contribution in [1.29, 1.82) is 0 Å². The third-order valence-corrected chi connectivity index (χ3v) is 8.42. The van der Waals surface area contributed by atoms with Gasteiger partial charge >= 0.3 is 0 Å². The number of benzene rings is 1. The molecule has 1 aliphatic heterocycles. The zero-order valence-corrected chi connectivity index (χ0v) is 18.1. The molecule has 2 aromatic rings. The first-order valence-corrected chi connectivity index (χ1v) is 11.9. The summed E-state index contributed by atoms with van der Waals surface area (Å²) < 4.78 is 3.59. The van der Waals surface area contributed by atoms with Crippen molar-refractivity contribution >= 4 is 40.3 Å². The second-order valence-corrected chi connectivity index (χ2v) is 10.8. The molecule has 1 saturated heterocycles. The number of anilines is 2. The predicted octanol–water partition coefficient (Wildman–Crippen LogP) is 3.69. The van der Waals surface area contributed by atoms with Crippen LogP contribution in [0, 0.1) is 11.3 Å². The normalized spacial score (nSPS) is 28.9. The van der Waals surface area contributed by atoms with Crippen molar-refractivity contribution < 1.29 is 9.90 Å². The molecule has 4 aliphatic rings. The van der Waals surface area contributed by atoms with Crippen LogP contribution in [0.4, 0.5) is 11.5 Å². The molecule has 3 N–H and O–H groups in total. The lowest BCUT2D eigenvalue weighted by molar-refractivity contribution is -0.119. The van der Waals surface area contributed by atoms with Crippen LogP contribution < -0.4 is 14.9 Å². The maximum atomic E-state index is 12.5. The van der Waals surface area contributed by atoms with Crippen LogP contribution in [0.15, 0.2) is 29.2 Å². The van der Waals surface area contributed by atoms with E-state index in [1.807, 2.05) is 6.07 Å². The largest absolute Gasteiger partial charge is 0.393 e. The van der Waals surface area contributed by atoms with Crippen LogP contribution in [-0.4, -0.2) is 40.7 Å². The number of nitrogens with zero attached hydrogens (tertiary/aromatic N) is 2. The fourth-order valence-corrected chi connectivity index (χ4v) is 5.38. The molecular formula is C23H28N4O2S. The lowest BCUT2D eigenvalue weighted by Crippen LogP contribution is -2.36. The summed E-state index contributed by atoms with van der Waals surface area (Å²) in [6.07, 6.45) is 5.89. The number of nitrogens with one attached hydrogen (secondary N) is 2. The van der Waals surface area contributed by atoms with Gasteiger partial charge in [-0.3, -0.25) is 9.52 Å². The molecule has 4 fully saturated rings. The van der Waals surface area contributed by atoms with E-state index in [-0.39, 0.29) is 23.0 Å². The Morgan fingerprint density at radius 1 is 1.23 bits per heavy atom. The summed E-state index contributed by atoms with van der Waals surface area (Å²) >= 11 is 1.67. The highest BCUT2D eigenvalue weighted by atomic mass is 32.2. The summed E-state index contributed by atoms with van der Waals surface area (Å²) in [6.45, 7) is 3.94. The summed E-state index contributed by atoms with van der Waals surface area (Å²) in [5.74, 6) is 1.40. The number of hydrogen-bond acceptors (Lipinski definition) is 6. The number of carbonyl (C=O) groups excluding carboxylic acids is 1. The quantitative estimate of drug-likeness (QED) is 0.614. The SMILES string of the molecule is CC1(NSc2cc(N3CCC(O)CC3)c3ccc(NC(=O)C45CC4C5)nc3c2)CC1. The Morgan fingerprint density at radius 3 is 2.63 bits per heavy atom. The van der Waals surface area contributed by atoms with E-state index in [9.17, 15) is 9.90 Å². The van der Waals surface area contributed by atoms with Gasteiger partial charge < -0.3 is 15.3 Å². The number of carbonyl (C=O) groups is 1. The van der Waals surface area contributed by atoms with Gasteiger partial charge in [-0.15, -0.1) is 0 Å². The first kappa shape index (κ1) is 18.9. The molecule has 6 nitrogen and oxygen atoms in total. The molecule has 0 bridgehead atoms. The summed E-state index contributed by atoms with van der Waals surface area (Å²) in [5, 5.41) is 14.1. The Bertz CT molecular complexity index is 1020. The molecule has 158 valence electrons. The van der Waals surface area contributed by atoms with E-state index in [0.717, 1.165) is 60.3 Å². The van der Waals surface area contributed by atoms with Gasteiger partial charge in [-0.2, -0.15) is 0 Å². The number of aromatic nitrogens is 1. The average molecular weight is 425 g/mol. The molecule has 1 amide bonds. The van der Waals surface area contributed by atoms with Crippen molar-refractivity contribution in [2.24, 2.45) is 11.3 Å². The molecule has 2 heterocycles. The Labute approximate surface area is 180 Å². The van der Waals surface area contributed by atoms with Crippen LogP contribution in [0.25, 0.3) is 10.9 Å². The summed E-state index contributed by atoms with van der Waals surface area (Å²) in [6, 6.07) is 8.36. The Kier molecular flexibility index (Phi) is 4.15.